The van der Waals surface area contributed by atoms with Crippen LogP contribution in [0.4, 0.5) is 0 Å². The molecule has 0 radical (unpaired) electrons. The van der Waals surface area contributed by atoms with Crippen LogP contribution >= 0.6 is 35.0 Å². The minimum absolute atomic E-state index is 0.0192. The first-order valence-corrected chi connectivity index (χ1v) is 10.4. The zero-order chi connectivity index (χ0) is 18.3. The Bertz CT molecular complexity index is 735. The molecule has 0 heterocycles. The van der Waals surface area contributed by atoms with E-state index in [1.807, 2.05) is 6.26 Å². The van der Waals surface area contributed by atoms with Crippen LogP contribution in [0.1, 0.15) is 13.3 Å². The number of thioether (sulfide) groups is 1. The van der Waals surface area contributed by atoms with Gasteiger partial charge in [0.2, 0.25) is 10.0 Å². The normalized spacial score (nSPS) is 13.8. The van der Waals surface area contributed by atoms with Crippen LogP contribution in [0.5, 0.6) is 0 Å². The van der Waals surface area contributed by atoms with Gasteiger partial charge < -0.3 is 4.74 Å². The highest BCUT2D eigenvalue weighted by Gasteiger charge is 2.29. The summed E-state index contributed by atoms with van der Waals surface area (Å²) >= 11 is 13.2. The smallest absolute Gasteiger partial charge is 0.325 e. The van der Waals surface area contributed by atoms with E-state index < -0.39 is 28.1 Å². The maximum Gasteiger partial charge on any atom is 0.325 e. The van der Waals surface area contributed by atoms with Crippen molar-refractivity contribution in [2.45, 2.75) is 30.4 Å². The Morgan fingerprint density at radius 1 is 1.46 bits per heavy atom. The second-order valence-corrected chi connectivity index (χ2v) is 8.25. The fraction of sp³-hybridized carbons (Fsp3) is 0.429. The molecule has 132 valence electrons. The second-order valence-electron chi connectivity index (χ2n) is 4.74. The number of carbonyl (C=O) groups is 1. The third kappa shape index (κ3) is 6.15. The largest absolute Gasteiger partial charge is 0.446 e. The Hall–Kier alpha value is -0.980. The van der Waals surface area contributed by atoms with Gasteiger partial charge in [0.05, 0.1) is 5.02 Å². The second kappa shape index (κ2) is 9.49. The van der Waals surface area contributed by atoms with Gasteiger partial charge in [-0.05, 0) is 43.6 Å². The molecule has 6 nitrogen and oxygen atoms in total. The molecule has 2 atom stereocenters. The predicted octanol–water partition coefficient (Wildman–Crippen LogP) is 2.85. The molecule has 1 rings (SSSR count). The van der Waals surface area contributed by atoms with Crippen molar-refractivity contribution in [3.63, 3.8) is 0 Å². The lowest BCUT2D eigenvalue weighted by Crippen LogP contribution is -2.43. The number of benzene rings is 1. The van der Waals surface area contributed by atoms with E-state index in [2.05, 4.69) is 4.72 Å². The van der Waals surface area contributed by atoms with Crippen molar-refractivity contribution < 1.29 is 17.9 Å². The highest BCUT2D eigenvalue weighted by atomic mass is 35.5. The number of sulfonamides is 1. The average Bonchev–Trinajstić information content (AvgIpc) is 2.53. The van der Waals surface area contributed by atoms with E-state index in [0.29, 0.717) is 5.75 Å². The van der Waals surface area contributed by atoms with E-state index in [0.717, 1.165) is 0 Å². The molecule has 0 spiro atoms. The first kappa shape index (κ1) is 21.1. The molecule has 0 aliphatic rings. The summed E-state index contributed by atoms with van der Waals surface area (Å²) in [4.78, 5) is 11.9. The fourth-order valence-corrected chi connectivity index (χ4v) is 4.13. The van der Waals surface area contributed by atoms with Gasteiger partial charge in [0.15, 0.2) is 6.10 Å². The maximum absolute atomic E-state index is 12.5. The quantitative estimate of drug-likeness (QED) is 0.661. The summed E-state index contributed by atoms with van der Waals surface area (Å²) in [5.41, 5.74) is 0. The summed E-state index contributed by atoms with van der Waals surface area (Å²) < 4.78 is 32.2. The van der Waals surface area contributed by atoms with Crippen molar-refractivity contribution in [3.05, 3.63) is 28.2 Å². The number of nitrogens with zero attached hydrogens (tertiary/aromatic N) is 1. The third-order valence-corrected chi connectivity index (χ3v) is 5.68. The molecule has 1 aromatic rings. The Labute approximate surface area is 155 Å². The van der Waals surface area contributed by atoms with Crippen molar-refractivity contribution in [1.29, 1.82) is 5.26 Å². The monoisotopic (exact) mass is 410 g/mol. The molecule has 1 N–H and O–H groups in total. The number of esters is 1. The van der Waals surface area contributed by atoms with E-state index >= 15 is 0 Å². The zero-order valence-electron chi connectivity index (χ0n) is 13.0. The number of hydrogen-bond donors (Lipinski definition) is 1. The van der Waals surface area contributed by atoms with Gasteiger partial charge >= 0.3 is 5.97 Å². The van der Waals surface area contributed by atoms with E-state index in [1.54, 1.807) is 6.07 Å². The Morgan fingerprint density at radius 2 is 2.12 bits per heavy atom. The molecule has 0 fully saturated rings. The van der Waals surface area contributed by atoms with Crippen LogP contribution in [0, 0.1) is 11.3 Å². The minimum Gasteiger partial charge on any atom is -0.446 e. The topological polar surface area (TPSA) is 96.3 Å². The average molecular weight is 411 g/mol. The van der Waals surface area contributed by atoms with E-state index in [4.69, 9.17) is 33.2 Å². The number of carbonyl (C=O) groups excluding carboxylic acids is 1. The van der Waals surface area contributed by atoms with Crippen LogP contribution in [-0.4, -0.2) is 38.5 Å². The maximum atomic E-state index is 12.5. The van der Waals surface area contributed by atoms with E-state index in [1.165, 1.54) is 36.9 Å². The number of nitrogens with one attached hydrogen (secondary N) is 1. The summed E-state index contributed by atoms with van der Waals surface area (Å²) in [5.74, 6) is -0.299. The third-order valence-electron chi connectivity index (χ3n) is 2.85. The number of halogens is 2. The van der Waals surface area contributed by atoms with Crippen molar-refractivity contribution in [2.24, 2.45) is 0 Å². The van der Waals surface area contributed by atoms with Crippen LogP contribution < -0.4 is 4.72 Å². The molecule has 10 heteroatoms. The Kier molecular flexibility index (Phi) is 8.33. The molecular weight excluding hydrogens is 395 g/mol. The molecule has 0 aliphatic heterocycles. The number of hydrogen-bond acceptors (Lipinski definition) is 6. The lowest BCUT2D eigenvalue weighted by atomic mass is 10.2. The highest BCUT2D eigenvalue weighted by Crippen LogP contribution is 2.25. The van der Waals surface area contributed by atoms with Crippen molar-refractivity contribution >= 4 is 51.0 Å². The SMILES string of the molecule is CSCC[C@@H](NS(=O)(=O)c1cc(Cl)ccc1Cl)C(=O)O[C@H](C)C#N. The molecular formula is C14H16Cl2N2O4S2. The summed E-state index contributed by atoms with van der Waals surface area (Å²) in [6.07, 6.45) is 1.05. The van der Waals surface area contributed by atoms with Gasteiger partial charge in [-0.15, -0.1) is 0 Å². The predicted molar refractivity (Wildman–Crippen MR) is 94.7 cm³/mol. The van der Waals surface area contributed by atoms with Crippen LogP contribution in [0.2, 0.25) is 10.0 Å². The van der Waals surface area contributed by atoms with Gasteiger partial charge in [-0.2, -0.15) is 21.7 Å². The molecule has 24 heavy (non-hydrogen) atoms. The fourth-order valence-electron chi connectivity index (χ4n) is 1.68. The molecule has 1 aromatic carbocycles. The Morgan fingerprint density at radius 3 is 2.71 bits per heavy atom. The van der Waals surface area contributed by atoms with Crippen molar-refractivity contribution in [3.8, 4) is 6.07 Å². The van der Waals surface area contributed by atoms with Crippen molar-refractivity contribution in [2.75, 3.05) is 12.0 Å². The lowest BCUT2D eigenvalue weighted by molar-refractivity contribution is -0.147. The summed E-state index contributed by atoms with van der Waals surface area (Å²) in [7, 11) is -4.09. The van der Waals surface area contributed by atoms with Gasteiger partial charge in [0.1, 0.15) is 17.0 Å². The summed E-state index contributed by atoms with van der Waals surface area (Å²) in [6.45, 7) is 1.39. The summed E-state index contributed by atoms with van der Waals surface area (Å²) in [5, 5.41) is 8.89. The molecule has 0 amide bonds. The zero-order valence-corrected chi connectivity index (χ0v) is 16.1. The first-order valence-electron chi connectivity index (χ1n) is 6.77. The highest BCUT2D eigenvalue weighted by molar-refractivity contribution is 7.98. The first-order chi connectivity index (χ1) is 11.2. The van der Waals surface area contributed by atoms with Crippen LogP contribution in [0.3, 0.4) is 0 Å². The van der Waals surface area contributed by atoms with Gasteiger partial charge in [-0.3, -0.25) is 4.79 Å². The molecule has 0 bridgehead atoms. The van der Waals surface area contributed by atoms with E-state index in [-0.39, 0.29) is 21.4 Å². The van der Waals surface area contributed by atoms with Gasteiger partial charge in [0.25, 0.3) is 0 Å². The number of ether oxygens (including phenoxy) is 1. The van der Waals surface area contributed by atoms with Gasteiger partial charge in [-0.1, -0.05) is 23.2 Å². The number of nitriles is 1. The standard InChI is InChI=1S/C14H16Cl2N2O4S2/c1-9(8-17)22-14(19)12(5-6-23-2)18-24(20,21)13-7-10(15)3-4-11(13)16/h3-4,7,9,12,18H,5-6H2,1-2H3/t9-,12-/m1/s1. The number of rotatable bonds is 8. The van der Waals surface area contributed by atoms with Crippen LogP contribution in [0.25, 0.3) is 0 Å². The Balaban J connectivity index is 3.05. The van der Waals surface area contributed by atoms with Crippen molar-refractivity contribution in [1.82, 2.24) is 4.72 Å². The van der Waals surface area contributed by atoms with Crippen LogP contribution in [-0.2, 0) is 19.6 Å². The minimum atomic E-state index is -4.09. The van der Waals surface area contributed by atoms with Gasteiger partial charge in [-0.25, -0.2) is 8.42 Å². The lowest BCUT2D eigenvalue weighted by Gasteiger charge is -2.18. The molecule has 0 saturated heterocycles. The molecule has 0 aliphatic carbocycles. The molecule has 0 saturated carbocycles. The van der Waals surface area contributed by atoms with Gasteiger partial charge in [0, 0.05) is 5.02 Å². The van der Waals surface area contributed by atoms with Crippen LogP contribution in [0.15, 0.2) is 23.1 Å². The summed E-state index contributed by atoms with van der Waals surface area (Å²) in [6, 6.07) is 4.63. The van der Waals surface area contributed by atoms with E-state index in [9.17, 15) is 13.2 Å². The molecule has 0 aromatic heterocycles. The molecule has 0 unspecified atom stereocenters.